The van der Waals surface area contributed by atoms with Gasteiger partial charge in [-0.3, -0.25) is 0 Å². The molecule has 1 heterocycles. The third-order valence-electron chi connectivity index (χ3n) is 2.46. The van der Waals surface area contributed by atoms with Crippen LogP contribution in [0, 0.1) is 0 Å². The highest BCUT2D eigenvalue weighted by Gasteiger charge is 2.20. The fourth-order valence-electron chi connectivity index (χ4n) is 1.57. The highest BCUT2D eigenvalue weighted by atomic mass is 32.1. The van der Waals surface area contributed by atoms with Crippen LogP contribution in [0.25, 0.3) is 0 Å². The first-order valence-corrected chi connectivity index (χ1v) is 5.15. The van der Waals surface area contributed by atoms with Crippen LogP contribution in [-0.2, 0) is 0 Å². The van der Waals surface area contributed by atoms with Gasteiger partial charge in [0.25, 0.3) is 0 Å². The molecule has 0 aliphatic carbocycles. The second-order valence-corrected chi connectivity index (χ2v) is 4.40. The molecule has 0 N–H and O–H groups in total. The molecule has 0 bridgehead atoms. The Bertz CT molecular complexity index is 320. The molecule has 0 spiro atoms. The van der Waals surface area contributed by atoms with Gasteiger partial charge in [-0.2, -0.15) is 12.6 Å². The Morgan fingerprint density at radius 3 is 2.92 bits per heavy atom. The van der Waals surface area contributed by atoms with Crippen LogP contribution < -0.4 is 4.74 Å². The molecule has 0 radical (unpaired) electrons. The summed E-state index contributed by atoms with van der Waals surface area (Å²) >= 11 is 4.43. The van der Waals surface area contributed by atoms with E-state index in [4.69, 9.17) is 4.74 Å². The van der Waals surface area contributed by atoms with Crippen molar-refractivity contribution >= 4 is 12.6 Å². The Morgan fingerprint density at radius 1 is 1.46 bits per heavy atom. The molecule has 0 aromatic heterocycles. The van der Waals surface area contributed by atoms with Crippen molar-refractivity contribution in [3.05, 3.63) is 29.3 Å². The predicted molar refractivity (Wildman–Crippen MR) is 57.8 cm³/mol. The molecule has 1 atom stereocenters. The molecule has 1 aromatic carbocycles. The predicted octanol–water partition coefficient (Wildman–Crippen LogP) is 3.17. The van der Waals surface area contributed by atoms with Crippen LogP contribution >= 0.6 is 12.6 Å². The average Bonchev–Trinajstić information content (AvgIpc) is 2.47. The Kier molecular flexibility index (Phi) is 2.24. The van der Waals surface area contributed by atoms with Crippen molar-refractivity contribution in [3.8, 4) is 5.75 Å². The van der Waals surface area contributed by atoms with Crippen molar-refractivity contribution in [1.82, 2.24) is 0 Å². The maximum atomic E-state index is 5.53. The summed E-state index contributed by atoms with van der Waals surface area (Å²) in [5, 5.41) is 0.260. The first-order chi connectivity index (χ1) is 6.18. The number of ether oxygens (including phenoxy) is 1. The summed E-state index contributed by atoms with van der Waals surface area (Å²) in [5.74, 6) is 1.58. The summed E-state index contributed by atoms with van der Waals surface area (Å²) in [6.07, 6.45) is 0. The van der Waals surface area contributed by atoms with Crippen molar-refractivity contribution in [1.29, 1.82) is 0 Å². The van der Waals surface area contributed by atoms with Crippen molar-refractivity contribution in [2.45, 2.75) is 25.0 Å². The molecule has 13 heavy (non-hydrogen) atoms. The van der Waals surface area contributed by atoms with Crippen LogP contribution in [0.15, 0.2) is 18.2 Å². The molecule has 1 unspecified atom stereocenters. The molecule has 0 saturated carbocycles. The lowest BCUT2D eigenvalue weighted by Crippen LogP contribution is -1.90. The third kappa shape index (κ3) is 1.55. The molecule has 2 heteroatoms. The number of benzene rings is 1. The van der Waals surface area contributed by atoms with E-state index in [0.717, 1.165) is 5.75 Å². The summed E-state index contributed by atoms with van der Waals surface area (Å²) in [4.78, 5) is 0. The van der Waals surface area contributed by atoms with Crippen LogP contribution in [0.2, 0.25) is 0 Å². The van der Waals surface area contributed by atoms with Crippen LogP contribution in [0.3, 0.4) is 0 Å². The fraction of sp³-hybridized carbons (Fsp3) is 0.455. The number of hydrogen-bond donors (Lipinski definition) is 1. The zero-order valence-corrected chi connectivity index (χ0v) is 8.84. The molecule has 1 aliphatic heterocycles. The monoisotopic (exact) mass is 194 g/mol. The van der Waals surface area contributed by atoms with Gasteiger partial charge in [0.2, 0.25) is 0 Å². The summed E-state index contributed by atoms with van der Waals surface area (Å²) in [5.41, 5.74) is 2.56. The molecular formula is C11H14OS. The van der Waals surface area contributed by atoms with Gasteiger partial charge in [0, 0.05) is 5.56 Å². The van der Waals surface area contributed by atoms with Gasteiger partial charge in [-0.1, -0.05) is 26.0 Å². The van der Waals surface area contributed by atoms with Crippen molar-refractivity contribution in [2.24, 2.45) is 0 Å². The van der Waals surface area contributed by atoms with E-state index in [0.29, 0.717) is 12.5 Å². The smallest absolute Gasteiger partial charge is 0.124 e. The second-order valence-electron chi connectivity index (χ2n) is 3.78. The number of rotatable bonds is 1. The normalized spacial score (nSPS) is 20.2. The van der Waals surface area contributed by atoms with Gasteiger partial charge in [-0.05, 0) is 17.5 Å². The largest absolute Gasteiger partial charge is 0.492 e. The van der Waals surface area contributed by atoms with Crippen molar-refractivity contribution in [3.63, 3.8) is 0 Å². The molecule has 0 amide bonds. The summed E-state index contributed by atoms with van der Waals surface area (Å²) in [6, 6.07) is 6.44. The molecule has 0 saturated heterocycles. The molecule has 2 rings (SSSR count). The summed E-state index contributed by atoms with van der Waals surface area (Å²) < 4.78 is 5.53. The molecule has 1 aliphatic rings. The molecule has 0 fully saturated rings. The Labute approximate surface area is 84.5 Å². The number of thiol groups is 1. The number of fused-ring (bicyclic) bond motifs is 1. The Balaban J connectivity index is 2.40. The maximum Gasteiger partial charge on any atom is 0.124 e. The van der Waals surface area contributed by atoms with Crippen molar-refractivity contribution < 1.29 is 4.74 Å². The van der Waals surface area contributed by atoms with Gasteiger partial charge in [-0.15, -0.1) is 0 Å². The molecular weight excluding hydrogens is 180 g/mol. The van der Waals surface area contributed by atoms with Crippen molar-refractivity contribution in [2.75, 3.05) is 6.61 Å². The standard InChI is InChI=1S/C11H14OS/c1-7(2)8-3-4-9-10(5-8)12-6-11(9)13/h3-5,7,11,13H,6H2,1-2H3. The zero-order valence-electron chi connectivity index (χ0n) is 7.95. The van der Waals surface area contributed by atoms with Crippen LogP contribution in [0.5, 0.6) is 5.75 Å². The highest BCUT2D eigenvalue weighted by Crippen LogP contribution is 2.37. The van der Waals surface area contributed by atoms with Crippen LogP contribution in [0.4, 0.5) is 0 Å². The van der Waals surface area contributed by atoms with Gasteiger partial charge < -0.3 is 4.74 Å². The molecule has 70 valence electrons. The topological polar surface area (TPSA) is 9.23 Å². The van der Waals surface area contributed by atoms with Gasteiger partial charge >= 0.3 is 0 Å². The lowest BCUT2D eigenvalue weighted by molar-refractivity contribution is 0.354. The summed E-state index contributed by atoms with van der Waals surface area (Å²) in [7, 11) is 0. The van der Waals surface area contributed by atoms with E-state index in [1.807, 2.05) is 0 Å². The van der Waals surface area contributed by atoms with E-state index >= 15 is 0 Å². The number of hydrogen-bond acceptors (Lipinski definition) is 2. The minimum atomic E-state index is 0.260. The maximum absolute atomic E-state index is 5.53. The van der Waals surface area contributed by atoms with Gasteiger partial charge in [-0.25, -0.2) is 0 Å². The van der Waals surface area contributed by atoms with Gasteiger partial charge in [0.15, 0.2) is 0 Å². The van der Waals surface area contributed by atoms with E-state index < -0.39 is 0 Å². The van der Waals surface area contributed by atoms with E-state index in [1.165, 1.54) is 11.1 Å². The van der Waals surface area contributed by atoms with Crippen LogP contribution in [-0.4, -0.2) is 6.61 Å². The van der Waals surface area contributed by atoms with Gasteiger partial charge in [0.05, 0.1) is 5.25 Å². The SMILES string of the molecule is CC(C)c1ccc2c(c1)OCC2S. The van der Waals surface area contributed by atoms with E-state index in [1.54, 1.807) is 0 Å². The van der Waals surface area contributed by atoms with E-state index in [-0.39, 0.29) is 5.25 Å². The zero-order chi connectivity index (χ0) is 9.42. The molecule has 1 aromatic rings. The highest BCUT2D eigenvalue weighted by molar-refractivity contribution is 7.80. The van der Waals surface area contributed by atoms with E-state index in [2.05, 4.69) is 44.7 Å². The average molecular weight is 194 g/mol. The second kappa shape index (κ2) is 3.26. The van der Waals surface area contributed by atoms with Crippen LogP contribution in [0.1, 0.15) is 36.1 Å². The quantitative estimate of drug-likeness (QED) is 0.676. The van der Waals surface area contributed by atoms with E-state index in [9.17, 15) is 0 Å². The lowest BCUT2D eigenvalue weighted by Gasteiger charge is -2.07. The Morgan fingerprint density at radius 2 is 2.23 bits per heavy atom. The first-order valence-electron chi connectivity index (χ1n) is 4.63. The molecule has 1 nitrogen and oxygen atoms in total. The Hall–Kier alpha value is -0.630. The minimum Gasteiger partial charge on any atom is -0.492 e. The summed E-state index contributed by atoms with van der Waals surface area (Å²) in [6.45, 7) is 5.09. The minimum absolute atomic E-state index is 0.260. The third-order valence-corrected chi connectivity index (χ3v) is 2.89. The lowest BCUT2D eigenvalue weighted by atomic mass is 10.0. The van der Waals surface area contributed by atoms with Gasteiger partial charge in [0.1, 0.15) is 12.4 Å². The fourth-order valence-corrected chi connectivity index (χ4v) is 1.86. The first kappa shape index (κ1) is 8.95.